The molecule has 0 spiro atoms. The van der Waals surface area contributed by atoms with Crippen LogP contribution in [0.2, 0.25) is 0 Å². The highest BCUT2D eigenvalue weighted by atomic mass is 16.5. The van der Waals surface area contributed by atoms with E-state index in [9.17, 15) is 4.79 Å². The zero-order valence-electron chi connectivity index (χ0n) is 11.5. The molecule has 0 bridgehead atoms. The van der Waals surface area contributed by atoms with Gasteiger partial charge in [0.05, 0.1) is 18.2 Å². The zero-order valence-corrected chi connectivity index (χ0v) is 11.5. The molecule has 3 nitrogen and oxygen atoms in total. The highest BCUT2D eigenvalue weighted by Gasteiger charge is 2.46. The number of pyridine rings is 1. The normalized spacial score (nSPS) is 20.4. The predicted molar refractivity (Wildman–Crippen MR) is 77.2 cm³/mol. The molecule has 102 valence electrons. The fourth-order valence-electron chi connectivity index (χ4n) is 2.46. The molecule has 1 fully saturated rings. The molecule has 0 unspecified atom stereocenters. The van der Waals surface area contributed by atoms with Crippen LogP contribution in [0.15, 0.2) is 48.5 Å². The molecule has 0 aliphatic heterocycles. The zero-order chi connectivity index (χ0) is 13.9. The van der Waals surface area contributed by atoms with Gasteiger partial charge in [-0.05, 0) is 25.5 Å². The van der Waals surface area contributed by atoms with Crippen LogP contribution in [-0.2, 0) is 9.53 Å². The first-order valence-corrected chi connectivity index (χ1v) is 6.98. The molecule has 1 aliphatic rings. The number of hydrogen-bond acceptors (Lipinski definition) is 3. The number of benzene rings is 1. The number of ether oxygens (including phenoxy) is 1. The minimum Gasteiger partial charge on any atom is -0.466 e. The molecule has 1 aromatic heterocycles. The first-order valence-electron chi connectivity index (χ1n) is 6.98. The fourth-order valence-corrected chi connectivity index (χ4v) is 2.46. The second-order valence-electron chi connectivity index (χ2n) is 5.01. The number of carbonyl (C=O) groups excluding carboxylic acids is 1. The Labute approximate surface area is 118 Å². The lowest BCUT2D eigenvalue weighted by Gasteiger charge is -2.04. The lowest BCUT2D eigenvalue weighted by Crippen LogP contribution is -2.07. The molecular formula is C17H17NO2. The van der Waals surface area contributed by atoms with Crippen molar-refractivity contribution in [2.75, 3.05) is 6.61 Å². The van der Waals surface area contributed by atoms with Crippen molar-refractivity contribution in [2.24, 2.45) is 5.92 Å². The summed E-state index contributed by atoms with van der Waals surface area (Å²) in [6.07, 6.45) is 0.851. The van der Waals surface area contributed by atoms with Crippen molar-refractivity contribution in [3.63, 3.8) is 0 Å². The van der Waals surface area contributed by atoms with E-state index in [1.54, 1.807) is 0 Å². The second kappa shape index (κ2) is 5.45. The number of esters is 1. The maximum atomic E-state index is 11.7. The average molecular weight is 267 g/mol. The van der Waals surface area contributed by atoms with Gasteiger partial charge in [0.1, 0.15) is 0 Å². The Morgan fingerprint density at radius 3 is 2.75 bits per heavy atom. The quantitative estimate of drug-likeness (QED) is 0.797. The summed E-state index contributed by atoms with van der Waals surface area (Å²) < 4.78 is 5.07. The van der Waals surface area contributed by atoms with Gasteiger partial charge < -0.3 is 4.74 Å². The van der Waals surface area contributed by atoms with Gasteiger partial charge in [-0.3, -0.25) is 9.78 Å². The van der Waals surface area contributed by atoms with E-state index >= 15 is 0 Å². The molecule has 1 heterocycles. The van der Waals surface area contributed by atoms with Gasteiger partial charge in [0.15, 0.2) is 0 Å². The lowest BCUT2D eigenvalue weighted by molar-refractivity contribution is -0.144. The SMILES string of the molecule is CCOC(=O)[C@@H]1C[C@H]1c1cccc(-c2ccccc2)n1. The first kappa shape index (κ1) is 12.9. The Morgan fingerprint density at radius 1 is 1.20 bits per heavy atom. The van der Waals surface area contributed by atoms with Crippen LogP contribution >= 0.6 is 0 Å². The van der Waals surface area contributed by atoms with Gasteiger partial charge >= 0.3 is 5.97 Å². The van der Waals surface area contributed by atoms with E-state index in [1.165, 1.54) is 0 Å². The van der Waals surface area contributed by atoms with Gasteiger partial charge in [-0.15, -0.1) is 0 Å². The topological polar surface area (TPSA) is 39.2 Å². The second-order valence-corrected chi connectivity index (χ2v) is 5.01. The Kier molecular flexibility index (Phi) is 3.50. The summed E-state index contributed by atoms with van der Waals surface area (Å²) in [5.74, 6) is 0.121. The van der Waals surface area contributed by atoms with Gasteiger partial charge in [0, 0.05) is 17.2 Å². The summed E-state index contributed by atoms with van der Waals surface area (Å²) in [6, 6.07) is 16.1. The molecule has 2 atom stereocenters. The van der Waals surface area contributed by atoms with Crippen LogP contribution in [0.3, 0.4) is 0 Å². The van der Waals surface area contributed by atoms with Crippen molar-refractivity contribution in [3.8, 4) is 11.3 Å². The van der Waals surface area contributed by atoms with Gasteiger partial charge in [-0.25, -0.2) is 0 Å². The molecule has 20 heavy (non-hydrogen) atoms. The Hall–Kier alpha value is -2.16. The summed E-state index contributed by atoms with van der Waals surface area (Å²) in [5.41, 5.74) is 3.05. The van der Waals surface area contributed by atoms with Crippen molar-refractivity contribution in [1.29, 1.82) is 0 Å². The van der Waals surface area contributed by atoms with E-state index in [4.69, 9.17) is 4.74 Å². The largest absolute Gasteiger partial charge is 0.466 e. The third-order valence-corrected chi connectivity index (χ3v) is 3.60. The van der Waals surface area contributed by atoms with Crippen molar-refractivity contribution >= 4 is 5.97 Å². The molecule has 1 saturated carbocycles. The van der Waals surface area contributed by atoms with E-state index in [0.29, 0.717) is 6.61 Å². The van der Waals surface area contributed by atoms with Gasteiger partial charge in [-0.2, -0.15) is 0 Å². The third-order valence-electron chi connectivity index (χ3n) is 3.60. The van der Waals surface area contributed by atoms with Crippen LogP contribution in [0.25, 0.3) is 11.3 Å². The monoisotopic (exact) mass is 267 g/mol. The van der Waals surface area contributed by atoms with Gasteiger partial charge in [-0.1, -0.05) is 36.4 Å². The molecule has 1 aromatic carbocycles. The van der Waals surface area contributed by atoms with Crippen molar-refractivity contribution in [3.05, 3.63) is 54.2 Å². The van der Waals surface area contributed by atoms with Crippen molar-refractivity contribution < 1.29 is 9.53 Å². The summed E-state index contributed by atoms with van der Waals surface area (Å²) in [5, 5.41) is 0. The minimum absolute atomic E-state index is 0.00604. The van der Waals surface area contributed by atoms with Crippen molar-refractivity contribution in [2.45, 2.75) is 19.3 Å². The molecule has 2 aromatic rings. The van der Waals surface area contributed by atoms with Crippen LogP contribution in [-0.4, -0.2) is 17.6 Å². The van der Waals surface area contributed by atoms with E-state index in [2.05, 4.69) is 4.98 Å². The van der Waals surface area contributed by atoms with Crippen LogP contribution in [0.5, 0.6) is 0 Å². The van der Waals surface area contributed by atoms with E-state index in [-0.39, 0.29) is 17.8 Å². The fraction of sp³-hybridized carbons (Fsp3) is 0.294. The van der Waals surface area contributed by atoms with Gasteiger partial charge in [0.25, 0.3) is 0 Å². The molecule has 0 N–H and O–H groups in total. The molecular weight excluding hydrogens is 250 g/mol. The number of aromatic nitrogens is 1. The Morgan fingerprint density at radius 2 is 2.00 bits per heavy atom. The molecule has 0 amide bonds. The van der Waals surface area contributed by atoms with Crippen molar-refractivity contribution in [1.82, 2.24) is 4.98 Å². The van der Waals surface area contributed by atoms with E-state index in [1.807, 2.05) is 55.5 Å². The maximum Gasteiger partial charge on any atom is 0.309 e. The number of rotatable bonds is 4. The lowest BCUT2D eigenvalue weighted by atomic mass is 10.1. The minimum atomic E-state index is -0.0931. The maximum absolute atomic E-state index is 11.7. The smallest absolute Gasteiger partial charge is 0.309 e. The van der Waals surface area contributed by atoms with E-state index < -0.39 is 0 Å². The third kappa shape index (κ3) is 2.57. The summed E-state index contributed by atoms with van der Waals surface area (Å²) in [6.45, 7) is 2.28. The summed E-state index contributed by atoms with van der Waals surface area (Å²) >= 11 is 0. The molecule has 0 saturated heterocycles. The number of hydrogen-bond donors (Lipinski definition) is 0. The summed E-state index contributed by atoms with van der Waals surface area (Å²) in [7, 11) is 0. The highest BCUT2D eigenvalue weighted by Crippen LogP contribution is 2.47. The molecule has 3 rings (SSSR count). The number of nitrogens with zero attached hydrogens (tertiary/aromatic N) is 1. The highest BCUT2D eigenvalue weighted by molar-refractivity contribution is 5.77. The van der Waals surface area contributed by atoms with Crippen LogP contribution < -0.4 is 0 Å². The standard InChI is InChI=1S/C17H17NO2/c1-2-20-17(19)14-11-13(14)16-10-6-9-15(18-16)12-7-4-3-5-8-12/h3-10,13-14H,2,11H2,1H3/t13-,14-/m1/s1. The Balaban J connectivity index is 1.78. The van der Waals surface area contributed by atoms with Crippen LogP contribution in [0.1, 0.15) is 25.0 Å². The summed E-state index contributed by atoms with van der Waals surface area (Å²) in [4.78, 5) is 16.4. The van der Waals surface area contributed by atoms with Gasteiger partial charge in [0.2, 0.25) is 0 Å². The van der Waals surface area contributed by atoms with Crippen LogP contribution in [0.4, 0.5) is 0 Å². The van der Waals surface area contributed by atoms with Crippen LogP contribution in [0, 0.1) is 5.92 Å². The Bertz CT molecular complexity index is 609. The number of carbonyl (C=O) groups is 1. The molecule has 1 aliphatic carbocycles. The molecule has 3 heteroatoms. The average Bonchev–Trinajstić information content (AvgIpc) is 3.29. The van der Waals surface area contributed by atoms with E-state index in [0.717, 1.165) is 23.4 Å². The molecule has 0 radical (unpaired) electrons. The first-order chi connectivity index (χ1) is 9.79. The predicted octanol–water partition coefficient (Wildman–Crippen LogP) is 3.42.